The average molecular weight is 336 g/mol. The van der Waals surface area contributed by atoms with E-state index in [-0.39, 0.29) is 5.75 Å². The van der Waals surface area contributed by atoms with Crippen molar-refractivity contribution >= 4 is 21.8 Å². The van der Waals surface area contributed by atoms with Crippen LogP contribution in [0, 0.1) is 0 Å². The molecule has 1 N–H and O–H groups in total. The molecule has 0 atom stereocenters. The molecule has 0 aliphatic rings. The van der Waals surface area contributed by atoms with Gasteiger partial charge in [0.05, 0.1) is 28.3 Å². The number of benzene rings is 3. The summed E-state index contributed by atoms with van der Waals surface area (Å²) in [5.74, 6) is 0.200. The van der Waals surface area contributed by atoms with Crippen LogP contribution in [0.1, 0.15) is 0 Å². The second-order valence-electron chi connectivity index (χ2n) is 6.27. The molecule has 0 fully saturated rings. The summed E-state index contributed by atoms with van der Waals surface area (Å²) in [6.07, 6.45) is 1.55. The van der Waals surface area contributed by atoms with Crippen LogP contribution in [0.15, 0.2) is 91.1 Å². The highest BCUT2D eigenvalue weighted by Gasteiger charge is 2.19. The smallest absolute Gasteiger partial charge is 0.143 e. The van der Waals surface area contributed by atoms with E-state index in [9.17, 15) is 5.11 Å². The van der Waals surface area contributed by atoms with Crippen molar-refractivity contribution in [1.29, 1.82) is 0 Å². The minimum atomic E-state index is 0.200. The Kier molecular flexibility index (Phi) is 3.25. The van der Waals surface area contributed by atoms with Crippen LogP contribution in [0.3, 0.4) is 0 Å². The van der Waals surface area contributed by atoms with E-state index < -0.39 is 0 Å². The van der Waals surface area contributed by atoms with Crippen molar-refractivity contribution in [3.8, 4) is 22.7 Å². The second kappa shape index (κ2) is 5.74. The second-order valence-corrected chi connectivity index (χ2v) is 6.27. The molecule has 26 heavy (non-hydrogen) atoms. The third kappa shape index (κ3) is 2.11. The molecule has 5 aromatic rings. The lowest BCUT2D eigenvalue weighted by Crippen LogP contribution is -1.96. The van der Waals surface area contributed by atoms with Crippen molar-refractivity contribution in [2.45, 2.75) is 0 Å². The van der Waals surface area contributed by atoms with Crippen molar-refractivity contribution in [3.63, 3.8) is 0 Å². The van der Waals surface area contributed by atoms with Gasteiger partial charge in [-0.05, 0) is 18.2 Å². The topological polar surface area (TPSA) is 38.1 Å². The Hall–Kier alpha value is -3.59. The van der Waals surface area contributed by atoms with Gasteiger partial charge in [0.25, 0.3) is 0 Å². The SMILES string of the molecule is Oc1cnc(-c2ccccc2)c2c1c1ccccc1n2-c1ccccc1. The first-order chi connectivity index (χ1) is 12.8. The summed E-state index contributed by atoms with van der Waals surface area (Å²) in [7, 11) is 0. The molecule has 0 saturated heterocycles. The number of fused-ring (bicyclic) bond motifs is 3. The first-order valence-electron chi connectivity index (χ1n) is 8.56. The quantitative estimate of drug-likeness (QED) is 0.459. The zero-order chi connectivity index (χ0) is 17.5. The van der Waals surface area contributed by atoms with Crippen LogP contribution >= 0.6 is 0 Å². The highest BCUT2D eigenvalue weighted by atomic mass is 16.3. The van der Waals surface area contributed by atoms with Gasteiger partial charge in [0.2, 0.25) is 0 Å². The Labute approximate surface area is 150 Å². The largest absolute Gasteiger partial charge is 0.506 e. The van der Waals surface area contributed by atoms with Crippen molar-refractivity contribution < 1.29 is 5.11 Å². The predicted octanol–water partition coefficient (Wildman–Crippen LogP) is 5.55. The molecule has 0 radical (unpaired) electrons. The van der Waals surface area contributed by atoms with E-state index in [1.165, 1.54) is 0 Å². The zero-order valence-corrected chi connectivity index (χ0v) is 14.0. The molecule has 0 aliphatic carbocycles. The van der Waals surface area contributed by atoms with Crippen LogP contribution in [-0.2, 0) is 0 Å². The fourth-order valence-electron chi connectivity index (χ4n) is 3.63. The highest BCUT2D eigenvalue weighted by molar-refractivity contribution is 6.15. The van der Waals surface area contributed by atoms with E-state index in [1.807, 2.05) is 66.7 Å². The molecule has 5 rings (SSSR count). The summed E-state index contributed by atoms with van der Waals surface area (Å²) in [6, 6.07) is 28.4. The molecule has 2 aromatic heterocycles. The normalized spacial score (nSPS) is 11.2. The molecule has 0 spiro atoms. The third-order valence-electron chi connectivity index (χ3n) is 4.73. The minimum absolute atomic E-state index is 0.200. The maximum Gasteiger partial charge on any atom is 0.143 e. The van der Waals surface area contributed by atoms with Gasteiger partial charge in [-0.3, -0.25) is 4.98 Å². The van der Waals surface area contributed by atoms with Gasteiger partial charge in [0, 0.05) is 16.6 Å². The first kappa shape index (κ1) is 14.7. The molecule has 3 nitrogen and oxygen atoms in total. The number of hydrogen-bond acceptors (Lipinski definition) is 2. The Balaban J connectivity index is 2.03. The summed E-state index contributed by atoms with van der Waals surface area (Å²) in [6.45, 7) is 0. The van der Waals surface area contributed by atoms with Gasteiger partial charge >= 0.3 is 0 Å². The average Bonchev–Trinajstić information content (AvgIpc) is 3.06. The van der Waals surface area contributed by atoms with Crippen LogP contribution in [0.5, 0.6) is 5.75 Å². The molecular formula is C23H16N2O. The number of aromatic nitrogens is 2. The van der Waals surface area contributed by atoms with Crippen molar-refractivity contribution in [3.05, 3.63) is 91.1 Å². The number of rotatable bonds is 2. The van der Waals surface area contributed by atoms with E-state index in [0.29, 0.717) is 0 Å². The summed E-state index contributed by atoms with van der Waals surface area (Å²) < 4.78 is 2.18. The van der Waals surface area contributed by atoms with Crippen LogP contribution in [0.2, 0.25) is 0 Å². The Morgan fingerprint density at radius 3 is 2.15 bits per heavy atom. The maximum atomic E-state index is 10.6. The zero-order valence-electron chi connectivity index (χ0n) is 14.0. The van der Waals surface area contributed by atoms with Gasteiger partial charge in [0.1, 0.15) is 5.75 Å². The number of para-hydroxylation sites is 2. The van der Waals surface area contributed by atoms with Crippen molar-refractivity contribution in [2.75, 3.05) is 0 Å². The third-order valence-corrected chi connectivity index (χ3v) is 4.73. The fourth-order valence-corrected chi connectivity index (χ4v) is 3.63. The monoisotopic (exact) mass is 336 g/mol. The van der Waals surface area contributed by atoms with Gasteiger partial charge in [-0.2, -0.15) is 0 Å². The van der Waals surface area contributed by atoms with Crippen molar-refractivity contribution in [2.24, 2.45) is 0 Å². The van der Waals surface area contributed by atoms with Gasteiger partial charge < -0.3 is 9.67 Å². The van der Waals surface area contributed by atoms with Crippen LogP contribution in [-0.4, -0.2) is 14.7 Å². The molecule has 0 unspecified atom stereocenters. The Morgan fingerprint density at radius 2 is 1.38 bits per heavy atom. The maximum absolute atomic E-state index is 10.6. The standard InChI is InChI=1S/C23H16N2O/c26-20-15-24-22(16-9-3-1-4-10-16)23-21(20)18-13-7-8-14-19(18)25(23)17-11-5-2-6-12-17/h1-15,26H. The predicted molar refractivity (Wildman–Crippen MR) is 106 cm³/mol. The minimum Gasteiger partial charge on any atom is -0.506 e. The van der Waals surface area contributed by atoms with E-state index in [4.69, 9.17) is 0 Å². The van der Waals surface area contributed by atoms with Crippen LogP contribution < -0.4 is 0 Å². The molecule has 0 bridgehead atoms. The molecule has 3 heteroatoms. The van der Waals surface area contributed by atoms with Gasteiger partial charge in [-0.15, -0.1) is 0 Å². The van der Waals surface area contributed by atoms with Crippen molar-refractivity contribution in [1.82, 2.24) is 9.55 Å². The molecular weight excluding hydrogens is 320 g/mol. The van der Waals surface area contributed by atoms with E-state index in [1.54, 1.807) is 6.20 Å². The molecule has 0 aliphatic heterocycles. The Morgan fingerprint density at radius 1 is 0.731 bits per heavy atom. The lowest BCUT2D eigenvalue weighted by atomic mass is 10.1. The molecule has 124 valence electrons. The molecule has 2 heterocycles. The van der Waals surface area contributed by atoms with E-state index in [2.05, 4.69) is 27.8 Å². The molecule has 3 aromatic carbocycles. The first-order valence-corrected chi connectivity index (χ1v) is 8.56. The number of hydrogen-bond donors (Lipinski definition) is 1. The summed E-state index contributed by atoms with van der Waals surface area (Å²) >= 11 is 0. The molecule has 0 saturated carbocycles. The number of nitrogens with zero attached hydrogens (tertiary/aromatic N) is 2. The van der Waals surface area contributed by atoms with E-state index >= 15 is 0 Å². The van der Waals surface area contributed by atoms with E-state index in [0.717, 1.165) is 38.8 Å². The summed E-state index contributed by atoms with van der Waals surface area (Å²) in [5, 5.41) is 12.5. The number of aromatic hydroxyl groups is 1. The summed E-state index contributed by atoms with van der Waals surface area (Å²) in [5.41, 5.74) is 4.90. The molecule has 0 amide bonds. The lowest BCUT2D eigenvalue weighted by molar-refractivity contribution is 0.479. The lowest BCUT2D eigenvalue weighted by Gasteiger charge is -2.11. The van der Waals surface area contributed by atoms with Gasteiger partial charge in [-0.25, -0.2) is 0 Å². The summed E-state index contributed by atoms with van der Waals surface area (Å²) in [4.78, 5) is 4.59. The van der Waals surface area contributed by atoms with Crippen LogP contribution in [0.4, 0.5) is 0 Å². The van der Waals surface area contributed by atoms with Gasteiger partial charge in [-0.1, -0.05) is 66.7 Å². The Bertz CT molecular complexity index is 1230. The highest BCUT2D eigenvalue weighted by Crippen LogP contribution is 2.40. The fraction of sp³-hybridized carbons (Fsp3) is 0. The number of pyridine rings is 1. The van der Waals surface area contributed by atoms with Crippen LogP contribution in [0.25, 0.3) is 38.8 Å². The van der Waals surface area contributed by atoms with Gasteiger partial charge in [0.15, 0.2) is 0 Å².